The van der Waals surface area contributed by atoms with Crippen LogP contribution in [-0.2, 0) is 9.47 Å². The monoisotopic (exact) mass is 284 g/mol. The van der Waals surface area contributed by atoms with Crippen LogP contribution < -0.4 is 0 Å². The molecule has 0 bridgehead atoms. The molecule has 0 radical (unpaired) electrons. The molecular weight excluding hydrogens is 268 g/mol. The molecule has 0 atom stereocenters. The van der Waals surface area contributed by atoms with Crippen molar-refractivity contribution in [3.63, 3.8) is 0 Å². The molecule has 1 aromatic carbocycles. The molecule has 1 aromatic rings. The van der Waals surface area contributed by atoms with Gasteiger partial charge in [0.05, 0.1) is 19.3 Å². The van der Waals surface area contributed by atoms with Gasteiger partial charge in [-0.1, -0.05) is 0 Å². The Labute approximate surface area is 117 Å². The number of hydrogen-bond acceptors (Lipinski definition) is 5. The van der Waals surface area contributed by atoms with Crippen molar-refractivity contribution >= 4 is 34.3 Å². The van der Waals surface area contributed by atoms with E-state index in [-0.39, 0.29) is 5.97 Å². The van der Waals surface area contributed by atoms with Crippen molar-refractivity contribution < 1.29 is 14.3 Å². The zero-order valence-corrected chi connectivity index (χ0v) is 12.5. The summed E-state index contributed by atoms with van der Waals surface area (Å²) in [6, 6.07) is 3.60. The Hall–Kier alpha value is -1.07. The molecule has 0 aromatic heterocycles. The average molecular weight is 284 g/mol. The first kappa shape index (κ1) is 15.0. The van der Waals surface area contributed by atoms with Gasteiger partial charge < -0.3 is 9.47 Å². The van der Waals surface area contributed by atoms with Gasteiger partial charge in [0.25, 0.3) is 0 Å². The van der Waals surface area contributed by atoms with Crippen LogP contribution in [0.15, 0.2) is 17.0 Å². The molecule has 18 heavy (non-hydrogen) atoms. The molecule has 0 saturated carbocycles. The van der Waals surface area contributed by atoms with E-state index in [9.17, 15) is 4.79 Å². The molecule has 0 aliphatic rings. The van der Waals surface area contributed by atoms with Crippen LogP contribution >= 0.6 is 24.0 Å². The first-order valence-corrected chi connectivity index (χ1v) is 6.76. The highest BCUT2D eigenvalue weighted by Gasteiger charge is 2.13. The van der Waals surface area contributed by atoms with Gasteiger partial charge in [0.2, 0.25) is 4.38 Å². The van der Waals surface area contributed by atoms with Crippen molar-refractivity contribution in [3.05, 3.63) is 28.8 Å². The number of ether oxygens (including phenoxy) is 2. The van der Waals surface area contributed by atoms with Crippen molar-refractivity contribution in [3.8, 4) is 0 Å². The molecule has 0 spiro atoms. The zero-order valence-electron chi connectivity index (χ0n) is 10.9. The topological polar surface area (TPSA) is 35.5 Å². The quantitative estimate of drug-likeness (QED) is 0.482. The maximum atomic E-state index is 11.5. The van der Waals surface area contributed by atoms with Crippen molar-refractivity contribution in [1.82, 2.24) is 0 Å². The zero-order chi connectivity index (χ0) is 13.7. The van der Waals surface area contributed by atoms with E-state index in [1.807, 2.05) is 20.8 Å². The van der Waals surface area contributed by atoms with Crippen molar-refractivity contribution in [2.45, 2.75) is 25.7 Å². The van der Waals surface area contributed by atoms with Gasteiger partial charge in [0.15, 0.2) is 0 Å². The lowest BCUT2D eigenvalue weighted by atomic mass is 10.1. The van der Waals surface area contributed by atoms with Crippen LogP contribution in [-0.4, -0.2) is 24.1 Å². The lowest BCUT2D eigenvalue weighted by molar-refractivity contribution is 0.0600. The number of aryl methyl sites for hydroxylation is 2. The number of carbonyl (C=O) groups is 1. The van der Waals surface area contributed by atoms with Crippen molar-refractivity contribution in [1.29, 1.82) is 0 Å². The minimum Gasteiger partial charge on any atom is -0.479 e. The lowest BCUT2D eigenvalue weighted by Crippen LogP contribution is -2.04. The van der Waals surface area contributed by atoms with Crippen LogP contribution in [0.25, 0.3) is 0 Å². The minimum atomic E-state index is -0.329. The van der Waals surface area contributed by atoms with E-state index in [2.05, 4.69) is 0 Å². The fourth-order valence-corrected chi connectivity index (χ4v) is 2.73. The molecule has 98 valence electrons. The van der Waals surface area contributed by atoms with Gasteiger partial charge in [0, 0.05) is 4.90 Å². The van der Waals surface area contributed by atoms with E-state index in [0.717, 1.165) is 16.0 Å². The van der Waals surface area contributed by atoms with Gasteiger partial charge >= 0.3 is 5.97 Å². The average Bonchev–Trinajstić information content (AvgIpc) is 2.32. The minimum absolute atomic E-state index is 0.329. The molecule has 0 heterocycles. The maximum absolute atomic E-state index is 11.5. The molecular formula is C13H16O3S2. The molecule has 0 aliphatic heterocycles. The molecule has 3 nitrogen and oxygen atoms in total. The molecule has 1 rings (SSSR count). The van der Waals surface area contributed by atoms with Gasteiger partial charge in [-0.3, -0.25) is 0 Å². The summed E-state index contributed by atoms with van der Waals surface area (Å²) < 4.78 is 10.5. The highest BCUT2D eigenvalue weighted by molar-refractivity contribution is 8.22. The Morgan fingerprint density at radius 3 is 2.33 bits per heavy atom. The summed E-state index contributed by atoms with van der Waals surface area (Å²) in [6.45, 7) is 6.34. The van der Waals surface area contributed by atoms with E-state index < -0.39 is 0 Å². The van der Waals surface area contributed by atoms with Crippen LogP contribution in [0.1, 0.15) is 28.4 Å². The number of rotatable bonds is 3. The number of carbonyl (C=O) groups excluding carboxylic acids is 1. The van der Waals surface area contributed by atoms with Crippen LogP contribution in [0, 0.1) is 13.8 Å². The molecule has 0 fully saturated rings. The SMILES string of the molecule is CCOC(=S)Sc1c(C)cc(C(=O)OC)cc1C. The van der Waals surface area contributed by atoms with Crippen molar-refractivity contribution in [2.24, 2.45) is 0 Å². The third-order valence-electron chi connectivity index (χ3n) is 2.33. The Bertz CT molecular complexity index is 446. The van der Waals surface area contributed by atoms with E-state index in [4.69, 9.17) is 21.7 Å². The molecule has 0 aliphatic carbocycles. The Morgan fingerprint density at radius 1 is 1.33 bits per heavy atom. The largest absolute Gasteiger partial charge is 0.479 e. The standard InChI is InChI=1S/C13H16O3S2/c1-5-16-13(17)18-11-8(2)6-10(7-9(11)3)12(14)15-4/h6-7H,5H2,1-4H3. The second-order valence-corrected chi connectivity index (χ2v) is 5.33. The molecule has 0 N–H and O–H groups in total. The summed E-state index contributed by atoms with van der Waals surface area (Å²) in [4.78, 5) is 12.5. The Morgan fingerprint density at radius 2 is 1.89 bits per heavy atom. The van der Waals surface area contributed by atoms with E-state index in [1.165, 1.54) is 18.9 Å². The number of benzene rings is 1. The van der Waals surface area contributed by atoms with Crippen LogP contribution in [0.4, 0.5) is 0 Å². The number of thiocarbonyl (C=S) groups is 1. The van der Waals surface area contributed by atoms with E-state index >= 15 is 0 Å². The summed E-state index contributed by atoms with van der Waals surface area (Å²) >= 11 is 6.52. The smallest absolute Gasteiger partial charge is 0.337 e. The van der Waals surface area contributed by atoms with Gasteiger partial charge in [-0.15, -0.1) is 0 Å². The highest BCUT2D eigenvalue weighted by atomic mass is 32.2. The Balaban J connectivity index is 3.01. The Kier molecular flexibility index (Phi) is 5.62. The van der Waals surface area contributed by atoms with Gasteiger partial charge in [-0.25, -0.2) is 4.79 Å². The molecule has 5 heteroatoms. The first-order chi connectivity index (χ1) is 8.49. The summed E-state index contributed by atoms with van der Waals surface area (Å²) in [5.74, 6) is -0.329. The summed E-state index contributed by atoms with van der Waals surface area (Å²) in [5, 5.41) is 0. The second-order valence-electron chi connectivity index (χ2n) is 3.72. The van der Waals surface area contributed by atoms with Gasteiger partial charge in [0.1, 0.15) is 0 Å². The predicted octanol–water partition coefficient (Wildman–Crippen LogP) is 3.50. The third kappa shape index (κ3) is 3.71. The predicted molar refractivity (Wildman–Crippen MR) is 77.3 cm³/mol. The molecule has 0 amide bonds. The summed E-state index contributed by atoms with van der Waals surface area (Å²) in [5.41, 5.74) is 2.53. The number of esters is 1. The summed E-state index contributed by atoms with van der Waals surface area (Å²) in [7, 11) is 1.37. The third-order valence-corrected chi connectivity index (χ3v) is 3.83. The number of hydrogen-bond donors (Lipinski definition) is 0. The van der Waals surface area contributed by atoms with Gasteiger partial charge in [-0.05, 0) is 68.0 Å². The number of thioether (sulfide) groups is 1. The van der Waals surface area contributed by atoms with Crippen LogP contribution in [0.5, 0.6) is 0 Å². The van der Waals surface area contributed by atoms with E-state index in [1.54, 1.807) is 12.1 Å². The van der Waals surface area contributed by atoms with Crippen molar-refractivity contribution in [2.75, 3.05) is 13.7 Å². The second kappa shape index (κ2) is 6.75. The fraction of sp³-hybridized carbons (Fsp3) is 0.385. The van der Waals surface area contributed by atoms with Crippen LogP contribution in [0.3, 0.4) is 0 Å². The lowest BCUT2D eigenvalue weighted by Gasteiger charge is -2.11. The summed E-state index contributed by atoms with van der Waals surface area (Å²) in [6.07, 6.45) is 0. The highest BCUT2D eigenvalue weighted by Crippen LogP contribution is 2.29. The number of methoxy groups -OCH3 is 1. The molecule has 0 unspecified atom stereocenters. The first-order valence-electron chi connectivity index (χ1n) is 5.53. The normalized spacial score (nSPS) is 10.0. The van der Waals surface area contributed by atoms with Crippen LogP contribution in [0.2, 0.25) is 0 Å². The maximum Gasteiger partial charge on any atom is 0.337 e. The van der Waals surface area contributed by atoms with E-state index in [0.29, 0.717) is 16.6 Å². The molecule has 0 saturated heterocycles. The van der Waals surface area contributed by atoms with Gasteiger partial charge in [-0.2, -0.15) is 0 Å². The fourth-order valence-electron chi connectivity index (χ4n) is 1.58.